The fraction of sp³-hybridized carbons (Fsp3) is 0.368. The maximum Gasteiger partial charge on any atom is 0.267 e. The molecule has 0 radical (unpaired) electrons. The van der Waals surface area contributed by atoms with Crippen LogP contribution in [0.1, 0.15) is 37.1 Å². The molecule has 1 atom stereocenters. The van der Waals surface area contributed by atoms with Crippen LogP contribution in [0.25, 0.3) is 11.1 Å². The molecule has 0 spiro atoms. The summed E-state index contributed by atoms with van der Waals surface area (Å²) in [5, 5.41) is 4.13. The van der Waals surface area contributed by atoms with E-state index in [2.05, 4.69) is 16.2 Å². The van der Waals surface area contributed by atoms with E-state index in [1.54, 1.807) is 11.8 Å². The van der Waals surface area contributed by atoms with Crippen LogP contribution in [-0.2, 0) is 11.2 Å². The molecule has 1 aromatic carbocycles. The van der Waals surface area contributed by atoms with E-state index in [4.69, 9.17) is 4.52 Å². The van der Waals surface area contributed by atoms with Crippen molar-refractivity contribution >= 4 is 22.7 Å². The molecule has 1 aliphatic heterocycles. The number of anilines is 1. The molecule has 3 heterocycles. The molecular weight excluding hydrogens is 332 g/mol. The number of fused-ring (bicyclic) bond motifs is 2. The molecule has 7 heteroatoms. The average Bonchev–Trinajstić information content (AvgIpc) is 3.05. The third kappa shape index (κ3) is 2.51. The van der Waals surface area contributed by atoms with Crippen LogP contribution in [-0.4, -0.2) is 27.2 Å². The van der Waals surface area contributed by atoms with Gasteiger partial charge in [-0.3, -0.25) is 14.2 Å². The number of rotatable bonds is 3. The summed E-state index contributed by atoms with van der Waals surface area (Å²) >= 11 is 0. The van der Waals surface area contributed by atoms with Gasteiger partial charge in [0.25, 0.3) is 11.3 Å². The monoisotopic (exact) mass is 352 g/mol. The summed E-state index contributed by atoms with van der Waals surface area (Å²) in [4.78, 5) is 32.2. The number of hydrogen-bond acceptors (Lipinski definition) is 5. The van der Waals surface area contributed by atoms with Gasteiger partial charge in [-0.1, -0.05) is 30.3 Å². The maximum absolute atomic E-state index is 13.3. The molecule has 3 aromatic rings. The van der Waals surface area contributed by atoms with E-state index in [9.17, 15) is 9.59 Å². The first-order valence-corrected chi connectivity index (χ1v) is 8.84. The summed E-state index contributed by atoms with van der Waals surface area (Å²) < 4.78 is 6.46. The predicted octanol–water partition coefficient (Wildman–Crippen LogP) is 2.62. The van der Waals surface area contributed by atoms with Crippen LogP contribution in [0, 0.1) is 6.92 Å². The van der Waals surface area contributed by atoms with Gasteiger partial charge in [0.05, 0.1) is 5.69 Å². The zero-order valence-electron chi connectivity index (χ0n) is 14.8. The third-order valence-electron chi connectivity index (χ3n) is 4.98. The molecule has 0 unspecified atom stereocenters. The Balaban J connectivity index is 1.77. The highest BCUT2D eigenvalue weighted by Crippen LogP contribution is 2.29. The molecule has 26 heavy (non-hydrogen) atoms. The van der Waals surface area contributed by atoms with Gasteiger partial charge in [0.1, 0.15) is 17.8 Å². The highest BCUT2D eigenvalue weighted by atomic mass is 16.5. The summed E-state index contributed by atoms with van der Waals surface area (Å²) in [5.41, 5.74) is 2.49. The Morgan fingerprint density at radius 1 is 1.35 bits per heavy atom. The number of hydrogen-bond donors (Lipinski definition) is 0. The van der Waals surface area contributed by atoms with Crippen LogP contribution in [0.3, 0.4) is 0 Å². The van der Waals surface area contributed by atoms with Crippen LogP contribution >= 0.6 is 0 Å². The number of carbonyl (C=O) groups excluding carboxylic acids is 1. The fourth-order valence-corrected chi connectivity index (χ4v) is 3.64. The van der Waals surface area contributed by atoms with Crippen LogP contribution in [0.4, 0.5) is 5.69 Å². The van der Waals surface area contributed by atoms with Crippen LogP contribution in [0.5, 0.6) is 0 Å². The maximum atomic E-state index is 13.3. The molecule has 134 valence electrons. The quantitative estimate of drug-likeness (QED) is 0.724. The second-order valence-corrected chi connectivity index (χ2v) is 6.55. The topological polar surface area (TPSA) is 81.2 Å². The van der Waals surface area contributed by atoms with E-state index in [1.165, 1.54) is 10.9 Å². The Bertz CT molecular complexity index is 1040. The largest absolute Gasteiger partial charge is 0.335 e. The molecule has 1 aliphatic rings. The Kier molecular flexibility index (Phi) is 4.06. The molecule has 7 nitrogen and oxygen atoms in total. The predicted molar refractivity (Wildman–Crippen MR) is 97.2 cm³/mol. The minimum Gasteiger partial charge on any atom is -0.335 e. The second-order valence-electron chi connectivity index (χ2n) is 6.55. The van der Waals surface area contributed by atoms with Gasteiger partial charge < -0.3 is 9.42 Å². The summed E-state index contributed by atoms with van der Waals surface area (Å²) in [6.45, 7) is 4.25. The minimum absolute atomic E-state index is 0.0861. The lowest BCUT2D eigenvalue weighted by Gasteiger charge is -2.32. The molecule has 0 N–H and O–H groups in total. The van der Waals surface area contributed by atoms with E-state index in [0.29, 0.717) is 24.0 Å². The Morgan fingerprint density at radius 3 is 2.96 bits per heavy atom. The molecule has 0 bridgehead atoms. The van der Waals surface area contributed by atoms with E-state index in [1.807, 2.05) is 25.1 Å². The normalized spacial score (nSPS) is 15.1. The molecule has 0 saturated heterocycles. The van der Waals surface area contributed by atoms with Crippen molar-refractivity contribution in [3.05, 3.63) is 52.2 Å². The van der Waals surface area contributed by atoms with Crippen LogP contribution < -0.4 is 10.5 Å². The van der Waals surface area contributed by atoms with E-state index < -0.39 is 6.04 Å². The Morgan fingerprint density at radius 2 is 2.15 bits per heavy atom. The molecule has 4 rings (SSSR count). The molecular formula is C19H20N4O3. The van der Waals surface area contributed by atoms with E-state index >= 15 is 0 Å². The summed E-state index contributed by atoms with van der Waals surface area (Å²) in [6.07, 6.45) is 3.76. The molecule has 0 fully saturated rings. The number of amides is 1. The van der Waals surface area contributed by atoms with Gasteiger partial charge in [0, 0.05) is 12.2 Å². The zero-order chi connectivity index (χ0) is 18.3. The number of carbonyl (C=O) groups is 1. The van der Waals surface area contributed by atoms with Gasteiger partial charge in [0.2, 0.25) is 5.91 Å². The first-order chi connectivity index (χ1) is 12.6. The van der Waals surface area contributed by atoms with Crippen molar-refractivity contribution in [2.75, 3.05) is 11.4 Å². The second kappa shape index (κ2) is 6.40. The van der Waals surface area contributed by atoms with Crippen LogP contribution in [0.2, 0.25) is 0 Å². The minimum atomic E-state index is -0.611. The molecule has 0 saturated carbocycles. The summed E-state index contributed by atoms with van der Waals surface area (Å²) in [7, 11) is 0. The van der Waals surface area contributed by atoms with Crippen molar-refractivity contribution in [3.8, 4) is 0 Å². The van der Waals surface area contributed by atoms with E-state index in [-0.39, 0.29) is 17.2 Å². The van der Waals surface area contributed by atoms with Crippen molar-refractivity contribution in [1.82, 2.24) is 14.7 Å². The average molecular weight is 352 g/mol. The number of para-hydroxylation sites is 1. The summed E-state index contributed by atoms with van der Waals surface area (Å²) in [6, 6.07) is 7.33. The van der Waals surface area contributed by atoms with Gasteiger partial charge >= 0.3 is 0 Å². The molecule has 1 amide bonds. The van der Waals surface area contributed by atoms with Crippen LogP contribution in [0.15, 0.2) is 39.9 Å². The lowest BCUT2D eigenvalue weighted by molar-refractivity contribution is -0.122. The number of aromatic nitrogens is 3. The first-order valence-electron chi connectivity index (χ1n) is 8.84. The van der Waals surface area contributed by atoms with Crippen molar-refractivity contribution in [3.63, 3.8) is 0 Å². The summed E-state index contributed by atoms with van der Waals surface area (Å²) in [5.74, 6) is -0.0861. The van der Waals surface area contributed by atoms with Crippen molar-refractivity contribution in [2.45, 2.75) is 39.2 Å². The highest BCUT2D eigenvalue weighted by molar-refractivity contribution is 5.97. The van der Waals surface area contributed by atoms with Gasteiger partial charge in [0.15, 0.2) is 0 Å². The van der Waals surface area contributed by atoms with Crippen molar-refractivity contribution in [1.29, 1.82) is 0 Å². The number of nitrogens with zero attached hydrogens (tertiary/aromatic N) is 4. The van der Waals surface area contributed by atoms with Gasteiger partial charge in [-0.2, -0.15) is 0 Å². The first kappa shape index (κ1) is 16.5. The Hall–Kier alpha value is -2.96. The lowest BCUT2D eigenvalue weighted by Crippen LogP contribution is -2.42. The van der Waals surface area contributed by atoms with Gasteiger partial charge in [-0.05, 0) is 37.8 Å². The fourth-order valence-electron chi connectivity index (χ4n) is 3.64. The number of aryl methyl sites for hydroxylation is 2. The van der Waals surface area contributed by atoms with Crippen molar-refractivity contribution in [2.24, 2.45) is 0 Å². The smallest absolute Gasteiger partial charge is 0.267 e. The highest BCUT2D eigenvalue weighted by Gasteiger charge is 2.30. The number of benzene rings is 1. The molecule has 0 aliphatic carbocycles. The van der Waals surface area contributed by atoms with Gasteiger partial charge in [-0.15, -0.1) is 0 Å². The standard InChI is InChI=1S/C19H20N4O3/c1-3-14(23-11-20-17-16(19(23)25)12(2)21-26-17)18(24)22-10-6-8-13-7-4-5-9-15(13)22/h4-5,7,9,11,14H,3,6,8,10H2,1-2H3/t14-/m1/s1. The Labute approximate surface area is 150 Å². The van der Waals surface area contributed by atoms with E-state index in [0.717, 1.165) is 24.1 Å². The van der Waals surface area contributed by atoms with Crippen molar-refractivity contribution < 1.29 is 9.32 Å². The SMILES string of the molecule is CC[C@H](C(=O)N1CCCc2ccccc21)n1cnc2onc(C)c2c1=O. The third-order valence-corrected chi connectivity index (χ3v) is 4.98. The molecule has 2 aromatic heterocycles. The van der Waals surface area contributed by atoms with Gasteiger partial charge in [-0.25, -0.2) is 4.98 Å². The lowest BCUT2D eigenvalue weighted by atomic mass is 10.0. The zero-order valence-corrected chi connectivity index (χ0v) is 14.8.